The zero-order chi connectivity index (χ0) is 24.5. The molecule has 0 saturated carbocycles. The molecule has 1 aromatic heterocycles. The third-order valence-corrected chi connectivity index (χ3v) is 5.68. The van der Waals surface area contributed by atoms with Gasteiger partial charge in [-0.15, -0.1) is 0 Å². The van der Waals surface area contributed by atoms with Crippen molar-refractivity contribution >= 4 is 64.2 Å². The quantitative estimate of drug-likeness (QED) is 0.556. The van der Waals surface area contributed by atoms with Crippen LogP contribution in [0.1, 0.15) is 6.42 Å². The van der Waals surface area contributed by atoms with E-state index >= 15 is 0 Å². The monoisotopic (exact) mass is 535 g/mol. The molecule has 0 aliphatic carbocycles. The Bertz CT molecular complexity index is 1040. The predicted molar refractivity (Wildman–Crippen MR) is 124 cm³/mol. The predicted octanol–water partition coefficient (Wildman–Crippen LogP) is 3.69. The smallest absolute Gasteiger partial charge is 0.415 e. The van der Waals surface area contributed by atoms with Crippen molar-refractivity contribution in [1.29, 1.82) is 0 Å². The molecule has 2 amide bonds. The molecule has 2 aliphatic rings. The van der Waals surface area contributed by atoms with E-state index < -0.39 is 34.5 Å². The molecule has 0 radical (unpaired) electrons. The SMILES string of the molecule is N[C@@H]1CCN(c2ccc(N3C[C@H](CN(C(=O)OCC(Cl)(Cl)Cl)c4ccon4)OC3=O)cc2F)C1. The molecule has 2 saturated heterocycles. The lowest BCUT2D eigenvalue weighted by atomic mass is 10.2. The highest BCUT2D eigenvalue weighted by atomic mass is 35.6. The van der Waals surface area contributed by atoms with Crippen molar-refractivity contribution in [2.75, 3.05) is 47.5 Å². The van der Waals surface area contributed by atoms with Crippen molar-refractivity contribution in [1.82, 2.24) is 5.16 Å². The molecule has 34 heavy (non-hydrogen) atoms. The number of nitrogens with two attached hydrogens (primary N) is 1. The number of rotatable bonds is 6. The number of hydrogen-bond acceptors (Lipinski definition) is 8. The van der Waals surface area contributed by atoms with Gasteiger partial charge in [0.05, 0.1) is 24.5 Å². The van der Waals surface area contributed by atoms with Gasteiger partial charge < -0.3 is 24.6 Å². The minimum Gasteiger partial charge on any atom is -0.445 e. The van der Waals surface area contributed by atoms with Crippen molar-refractivity contribution in [3.05, 3.63) is 36.3 Å². The van der Waals surface area contributed by atoms with Crippen LogP contribution in [0.15, 0.2) is 35.1 Å². The van der Waals surface area contributed by atoms with Gasteiger partial charge in [-0.25, -0.2) is 14.0 Å². The fourth-order valence-corrected chi connectivity index (χ4v) is 3.95. The maximum Gasteiger partial charge on any atom is 0.415 e. The number of ether oxygens (including phenoxy) is 2. The van der Waals surface area contributed by atoms with E-state index in [9.17, 15) is 14.0 Å². The second kappa shape index (κ2) is 10.0. The van der Waals surface area contributed by atoms with Crippen molar-refractivity contribution < 1.29 is 28.0 Å². The van der Waals surface area contributed by atoms with E-state index in [1.165, 1.54) is 23.3 Å². The Labute approximate surface area is 209 Å². The molecule has 2 N–H and O–H groups in total. The summed E-state index contributed by atoms with van der Waals surface area (Å²) in [4.78, 5) is 29.3. The van der Waals surface area contributed by atoms with Crippen LogP contribution in [-0.4, -0.2) is 66.1 Å². The van der Waals surface area contributed by atoms with Gasteiger partial charge >= 0.3 is 12.2 Å². The fraction of sp³-hybridized carbons (Fsp3) is 0.450. The minimum absolute atomic E-state index is 0.00229. The van der Waals surface area contributed by atoms with Gasteiger partial charge in [-0.3, -0.25) is 9.80 Å². The van der Waals surface area contributed by atoms with Gasteiger partial charge in [0.25, 0.3) is 0 Å². The molecule has 2 fully saturated rings. The van der Waals surface area contributed by atoms with Gasteiger partial charge in [0.15, 0.2) is 5.82 Å². The number of nitrogens with zero attached hydrogens (tertiary/aromatic N) is 4. The van der Waals surface area contributed by atoms with E-state index in [1.807, 2.05) is 4.90 Å². The fourth-order valence-electron chi connectivity index (χ4n) is 3.79. The second-order valence-electron chi connectivity index (χ2n) is 7.88. The molecule has 0 spiro atoms. The van der Waals surface area contributed by atoms with Gasteiger partial charge in [0.2, 0.25) is 3.79 Å². The first-order valence-corrected chi connectivity index (χ1v) is 11.4. The second-order valence-corrected chi connectivity index (χ2v) is 10.4. The molecule has 3 heterocycles. The Morgan fingerprint density at radius 1 is 1.32 bits per heavy atom. The van der Waals surface area contributed by atoms with Gasteiger partial charge in [0.1, 0.15) is 24.8 Å². The van der Waals surface area contributed by atoms with E-state index in [2.05, 4.69) is 5.16 Å². The largest absolute Gasteiger partial charge is 0.445 e. The maximum atomic E-state index is 14.8. The first kappa shape index (κ1) is 24.6. The Kier molecular flexibility index (Phi) is 7.27. The molecule has 184 valence electrons. The Hall–Kier alpha value is -2.47. The molecule has 0 unspecified atom stereocenters. The molecular weight excluding hydrogens is 516 g/mol. The number of benzene rings is 1. The zero-order valence-electron chi connectivity index (χ0n) is 17.7. The number of amides is 2. The standard InChI is InChI=1S/C20H21Cl3FN5O5/c21-20(22,23)11-32-18(30)29(17-4-6-33-26-17)10-14-9-28(19(31)34-14)13-1-2-16(15(24)7-13)27-5-3-12(25)8-27/h1-2,4,6-7,12,14H,3,5,8-11,25H2/t12-,14-/m1/s1. The summed E-state index contributed by atoms with van der Waals surface area (Å²) in [5.74, 6) is -0.356. The summed E-state index contributed by atoms with van der Waals surface area (Å²) in [5, 5.41) is 3.72. The number of halogens is 4. The summed E-state index contributed by atoms with van der Waals surface area (Å²) < 4.78 is 28.2. The summed E-state index contributed by atoms with van der Waals surface area (Å²) in [7, 11) is 0. The lowest BCUT2D eigenvalue weighted by Crippen LogP contribution is -2.40. The van der Waals surface area contributed by atoms with E-state index in [1.54, 1.807) is 12.1 Å². The van der Waals surface area contributed by atoms with Gasteiger partial charge in [0, 0.05) is 25.2 Å². The summed E-state index contributed by atoms with van der Waals surface area (Å²) in [6.45, 7) is 0.654. The number of alkyl halides is 3. The van der Waals surface area contributed by atoms with E-state index in [-0.39, 0.29) is 24.9 Å². The molecule has 2 aliphatic heterocycles. The highest BCUT2D eigenvalue weighted by Crippen LogP contribution is 2.30. The Morgan fingerprint density at radius 3 is 2.74 bits per heavy atom. The Morgan fingerprint density at radius 2 is 2.12 bits per heavy atom. The van der Waals surface area contributed by atoms with Crippen LogP contribution in [0.3, 0.4) is 0 Å². The van der Waals surface area contributed by atoms with Crippen molar-refractivity contribution in [2.24, 2.45) is 5.73 Å². The molecule has 1 aromatic carbocycles. The first-order valence-electron chi connectivity index (χ1n) is 10.3. The molecule has 10 nitrogen and oxygen atoms in total. The zero-order valence-corrected chi connectivity index (χ0v) is 20.0. The van der Waals surface area contributed by atoms with Gasteiger partial charge in [-0.05, 0) is 24.6 Å². The van der Waals surface area contributed by atoms with Gasteiger partial charge in [-0.2, -0.15) is 0 Å². The normalized spacial score (nSPS) is 20.6. The topological polar surface area (TPSA) is 114 Å². The highest BCUT2D eigenvalue weighted by Gasteiger charge is 2.37. The third kappa shape index (κ3) is 5.77. The number of aromatic nitrogens is 1. The van der Waals surface area contributed by atoms with Gasteiger partial charge in [-0.1, -0.05) is 40.0 Å². The molecule has 2 atom stereocenters. The summed E-state index contributed by atoms with van der Waals surface area (Å²) in [5.41, 5.74) is 6.66. The molecule has 14 heteroatoms. The van der Waals surface area contributed by atoms with E-state index in [0.29, 0.717) is 24.5 Å². The number of cyclic esters (lactones) is 1. The average molecular weight is 537 g/mol. The number of carbonyl (C=O) groups is 2. The third-order valence-electron chi connectivity index (χ3n) is 5.35. The average Bonchev–Trinajstić information content (AvgIpc) is 3.51. The number of anilines is 3. The van der Waals surface area contributed by atoms with Crippen molar-refractivity contribution in [3.63, 3.8) is 0 Å². The first-order chi connectivity index (χ1) is 16.1. The number of carbonyl (C=O) groups excluding carboxylic acids is 2. The minimum atomic E-state index is -1.81. The van der Waals surface area contributed by atoms with Crippen LogP contribution in [0.4, 0.5) is 31.2 Å². The van der Waals surface area contributed by atoms with Crippen molar-refractivity contribution in [3.8, 4) is 0 Å². The maximum absolute atomic E-state index is 14.8. The Balaban J connectivity index is 1.44. The molecule has 0 bridgehead atoms. The van der Waals surface area contributed by atoms with Crippen LogP contribution in [0.2, 0.25) is 0 Å². The van der Waals surface area contributed by atoms with Crippen LogP contribution < -0.4 is 20.4 Å². The summed E-state index contributed by atoms with van der Waals surface area (Å²) >= 11 is 16.9. The van der Waals surface area contributed by atoms with Crippen LogP contribution in [-0.2, 0) is 9.47 Å². The lowest BCUT2D eigenvalue weighted by molar-refractivity contribution is 0.133. The molecule has 4 rings (SSSR count). The number of hydrogen-bond donors (Lipinski definition) is 1. The van der Waals surface area contributed by atoms with Crippen LogP contribution in [0.25, 0.3) is 0 Å². The van der Waals surface area contributed by atoms with E-state index in [4.69, 9.17) is 54.5 Å². The summed E-state index contributed by atoms with van der Waals surface area (Å²) in [6.07, 6.45) is -0.296. The van der Waals surface area contributed by atoms with Crippen LogP contribution >= 0.6 is 34.8 Å². The van der Waals surface area contributed by atoms with E-state index in [0.717, 1.165) is 11.3 Å². The summed E-state index contributed by atoms with van der Waals surface area (Å²) in [6, 6.07) is 5.94. The molecule has 2 aromatic rings. The highest BCUT2D eigenvalue weighted by molar-refractivity contribution is 6.67. The lowest BCUT2D eigenvalue weighted by Gasteiger charge is -2.23. The van der Waals surface area contributed by atoms with Crippen LogP contribution in [0, 0.1) is 5.82 Å². The van der Waals surface area contributed by atoms with Crippen molar-refractivity contribution in [2.45, 2.75) is 22.4 Å². The van der Waals surface area contributed by atoms with Crippen LogP contribution in [0.5, 0.6) is 0 Å². The molecular formula is C20H21Cl3FN5O5.